The fourth-order valence-corrected chi connectivity index (χ4v) is 3.49. The Hall–Kier alpha value is -1.48. The van der Waals surface area contributed by atoms with Crippen LogP contribution in [0.15, 0.2) is 40.9 Å². The zero-order chi connectivity index (χ0) is 14.1. The zero-order valence-electron chi connectivity index (χ0n) is 11.7. The van der Waals surface area contributed by atoms with Gasteiger partial charge < -0.3 is 10.1 Å². The van der Waals surface area contributed by atoms with Crippen molar-refractivity contribution in [2.24, 2.45) is 0 Å². The van der Waals surface area contributed by atoms with Crippen molar-refractivity contribution in [3.8, 4) is 5.75 Å². The highest BCUT2D eigenvalue weighted by Crippen LogP contribution is 2.39. The second-order valence-corrected chi connectivity index (χ2v) is 6.15. The topological polar surface area (TPSA) is 21.3 Å². The van der Waals surface area contributed by atoms with E-state index in [1.165, 1.54) is 16.7 Å². The molecule has 0 spiro atoms. The lowest BCUT2D eigenvalue weighted by molar-refractivity contribution is 0.415. The number of hydrogen-bond acceptors (Lipinski definition) is 2. The third-order valence-corrected chi connectivity index (χ3v) is 4.39. The largest absolute Gasteiger partial charge is 0.495 e. The summed E-state index contributed by atoms with van der Waals surface area (Å²) >= 11 is 3.52. The maximum absolute atomic E-state index is 5.51. The standard InChI is InChI=1S/C17H18BrNO/c1-11-9-13(18)10-16(20-2)17(11)19-15-8-7-12-5-3-4-6-14(12)15/h3-6,9-10,15,19H,7-8H2,1-2H3. The van der Waals surface area contributed by atoms with Crippen molar-refractivity contribution < 1.29 is 4.74 Å². The van der Waals surface area contributed by atoms with Gasteiger partial charge in [0.1, 0.15) is 5.75 Å². The summed E-state index contributed by atoms with van der Waals surface area (Å²) in [4.78, 5) is 0. The molecule has 0 amide bonds. The second-order valence-electron chi connectivity index (χ2n) is 5.23. The van der Waals surface area contributed by atoms with E-state index in [9.17, 15) is 0 Å². The number of benzene rings is 2. The summed E-state index contributed by atoms with van der Waals surface area (Å²) in [5, 5.41) is 3.67. The van der Waals surface area contributed by atoms with Crippen LogP contribution in [0.5, 0.6) is 5.75 Å². The highest BCUT2D eigenvalue weighted by molar-refractivity contribution is 9.10. The van der Waals surface area contributed by atoms with Crippen LogP contribution in [0.2, 0.25) is 0 Å². The smallest absolute Gasteiger partial charge is 0.143 e. The normalized spacial score (nSPS) is 16.9. The van der Waals surface area contributed by atoms with Gasteiger partial charge in [-0.1, -0.05) is 40.2 Å². The van der Waals surface area contributed by atoms with Gasteiger partial charge in [-0.2, -0.15) is 0 Å². The quantitative estimate of drug-likeness (QED) is 0.866. The summed E-state index contributed by atoms with van der Waals surface area (Å²) in [6.07, 6.45) is 2.28. The molecule has 0 saturated carbocycles. The molecule has 0 bridgehead atoms. The van der Waals surface area contributed by atoms with E-state index < -0.39 is 0 Å². The average Bonchev–Trinajstić information content (AvgIpc) is 2.85. The fourth-order valence-electron chi connectivity index (χ4n) is 2.94. The third-order valence-electron chi connectivity index (χ3n) is 3.94. The lowest BCUT2D eigenvalue weighted by atomic mass is 10.1. The SMILES string of the molecule is COc1cc(Br)cc(C)c1NC1CCc2ccccc21. The predicted octanol–water partition coefficient (Wildman–Crippen LogP) is 4.87. The first kappa shape index (κ1) is 13.5. The van der Waals surface area contributed by atoms with Gasteiger partial charge in [-0.3, -0.25) is 0 Å². The number of hydrogen-bond donors (Lipinski definition) is 1. The van der Waals surface area contributed by atoms with Crippen LogP contribution in [-0.4, -0.2) is 7.11 Å². The number of rotatable bonds is 3. The van der Waals surface area contributed by atoms with Crippen molar-refractivity contribution in [2.45, 2.75) is 25.8 Å². The molecule has 2 aromatic carbocycles. The van der Waals surface area contributed by atoms with E-state index >= 15 is 0 Å². The van der Waals surface area contributed by atoms with Gasteiger partial charge >= 0.3 is 0 Å². The minimum absolute atomic E-state index is 0.375. The number of anilines is 1. The number of ether oxygens (including phenoxy) is 1. The molecule has 1 N–H and O–H groups in total. The van der Waals surface area contributed by atoms with E-state index in [2.05, 4.69) is 58.5 Å². The minimum atomic E-state index is 0.375. The molecule has 0 saturated heterocycles. The maximum Gasteiger partial charge on any atom is 0.143 e. The van der Waals surface area contributed by atoms with Gasteiger partial charge in [-0.15, -0.1) is 0 Å². The maximum atomic E-state index is 5.51. The molecule has 0 radical (unpaired) electrons. The Morgan fingerprint density at radius 2 is 2.05 bits per heavy atom. The predicted molar refractivity (Wildman–Crippen MR) is 86.6 cm³/mol. The second kappa shape index (κ2) is 5.49. The van der Waals surface area contributed by atoms with Gasteiger partial charge in [0, 0.05) is 4.47 Å². The average molecular weight is 332 g/mol. The summed E-state index contributed by atoms with van der Waals surface area (Å²) in [5.41, 5.74) is 5.16. The Kier molecular flexibility index (Phi) is 3.70. The van der Waals surface area contributed by atoms with Gasteiger partial charge in [0.15, 0.2) is 0 Å². The van der Waals surface area contributed by atoms with Crippen molar-refractivity contribution in [1.82, 2.24) is 0 Å². The number of aryl methyl sites for hydroxylation is 2. The number of fused-ring (bicyclic) bond motifs is 1. The Bertz CT molecular complexity index is 639. The van der Waals surface area contributed by atoms with E-state index in [0.717, 1.165) is 28.8 Å². The van der Waals surface area contributed by atoms with Crippen LogP contribution in [0.4, 0.5) is 5.69 Å². The molecular formula is C17H18BrNO. The molecule has 1 aliphatic rings. The van der Waals surface area contributed by atoms with E-state index in [-0.39, 0.29) is 0 Å². The molecule has 2 nitrogen and oxygen atoms in total. The molecule has 20 heavy (non-hydrogen) atoms. The molecule has 1 atom stereocenters. The van der Waals surface area contributed by atoms with Crippen LogP contribution < -0.4 is 10.1 Å². The molecule has 1 unspecified atom stereocenters. The van der Waals surface area contributed by atoms with Crippen LogP contribution >= 0.6 is 15.9 Å². The van der Waals surface area contributed by atoms with Crippen LogP contribution in [-0.2, 0) is 6.42 Å². The van der Waals surface area contributed by atoms with Crippen LogP contribution in [0.25, 0.3) is 0 Å². The summed E-state index contributed by atoms with van der Waals surface area (Å²) in [7, 11) is 1.72. The number of methoxy groups -OCH3 is 1. The van der Waals surface area contributed by atoms with E-state index in [1.54, 1.807) is 7.11 Å². The van der Waals surface area contributed by atoms with Gasteiger partial charge in [0.05, 0.1) is 18.8 Å². The van der Waals surface area contributed by atoms with Crippen LogP contribution in [0, 0.1) is 6.92 Å². The van der Waals surface area contributed by atoms with Crippen molar-refractivity contribution in [3.05, 3.63) is 57.6 Å². The molecule has 3 rings (SSSR count). The zero-order valence-corrected chi connectivity index (χ0v) is 13.3. The Morgan fingerprint density at radius 3 is 2.85 bits per heavy atom. The third kappa shape index (κ3) is 2.42. The van der Waals surface area contributed by atoms with Gasteiger partial charge in [0.25, 0.3) is 0 Å². The molecule has 0 aliphatic heterocycles. The monoisotopic (exact) mass is 331 g/mol. The Morgan fingerprint density at radius 1 is 1.25 bits per heavy atom. The fraction of sp³-hybridized carbons (Fsp3) is 0.294. The van der Waals surface area contributed by atoms with Crippen molar-refractivity contribution >= 4 is 21.6 Å². The first-order chi connectivity index (χ1) is 9.69. The molecule has 3 heteroatoms. The highest BCUT2D eigenvalue weighted by atomic mass is 79.9. The molecule has 1 aliphatic carbocycles. The molecule has 0 aromatic heterocycles. The Balaban J connectivity index is 1.93. The lowest BCUT2D eigenvalue weighted by Crippen LogP contribution is -2.09. The first-order valence-electron chi connectivity index (χ1n) is 6.87. The minimum Gasteiger partial charge on any atom is -0.495 e. The number of nitrogens with one attached hydrogen (secondary N) is 1. The first-order valence-corrected chi connectivity index (χ1v) is 7.67. The molecule has 0 heterocycles. The van der Waals surface area contributed by atoms with E-state index in [0.29, 0.717) is 6.04 Å². The highest BCUT2D eigenvalue weighted by Gasteiger charge is 2.23. The molecule has 104 valence electrons. The van der Waals surface area contributed by atoms with Crippen LogP contribution in [0.3, 0.4) is 0 Å². The van der Waals surface area contributed by atoms with Crippen LogP contribution in [0.1, 0.15) is 29.2 Å². The lowest BCUT2D eigenvalue weighted by Gasteiger charge is -2.20. The molecule has 2 aromatic rings. The summed E-state index contributed by atoms with van der Waals surface area (Å²) in [5.74, 6) is 0.890. The van der Waals surface area contributed by atoms with E-state index in [4.69, 9.17) is 4.74 Å². The molecule has 0 fully saturated rings. The van der Waals surface area contributed by atoms with Gasteiger partial charge in [0.2, 0.25) is 0 Å². The summed E-state index contributed by atoms with van der Waals surface area (Å²) < 4.78 is 6.56. The van der Waals surface area contributed by atoms with E-state index in [1.807, 2.05) is 6.07 Å². The van der Waals surface area contributed by atoms with Crippen molar-refractivity contribution in [1.29, 1.82) is 0 Å². The summed E-state index contributed by atoms with van der Waals surface area (Å²) in [6.45, 7) is 2.11. The number of halogens is 1. The molecular weight excluding hydrogens is 314 g/mol. The Labute approximate surface area is 128 Å². The summed E-state index contributed by atoms with van der Waals surface area (Å²) in [6, 6.07) is 13.2. The van der Waals surface area contributed by atoms with Gasteiger partial charge in [-0.05, 0) is 48.6 Å². The van der Waals surface area contributed by atoms with Crippen molar-refractivity contribution in [3.63, 3.8) is 0 Å². The van der Waals surface area contributed by atoms with Gasteiger partial charge in [-0.25, -0.2) is 0 Å². The van der Waals surface area contributed by atoms with Crippen molar-refractivity contribution in [2.75, 3.05) is 12.4 Å².